The minimum atomic E-state index is -0.294. The second kappa shape index (κ2) is 6.21. The summed E-state index contributed by atoms with van der Waals surface area (Å²) in [6, 6.07) is 20.7. The van der Waals surface area contributed by atoms with Crippen LogP contribution in [0.2, 0.25) is 0 Å². The normalized spacial score (nSPS) is 16.2. The largest absolute Gasteiger partial charge is 0.465 e. The summed E-state index contributed by atoms with van der Waals surface area (Å²) in [5.74, 6) is 0.131. The van der Waals surface area contributed by atoms with Gasteiger partial charge in [0.05, 0.1) is 12.7 Å². The highest BCUT2D eigenvalue weighted by Gasteiger charge is 2.22. The molecule has 2 nitrogen and oxygen atoms in total. The van der Waals surface area contributed by atoms with Gasteiger partial charge in [-0.25, -0.2) is 4.79 Å². The van der Waals surface area contributed by atoms with Crippen LogP contribution < -0.4 is 0 Å². The van der Waals surface area contributed by atoms with Crippen molar-refractivity contribution >= 4 is 22.3 Å². The van der Waals surface area contributed by atoms with E-state index in [1.165, 1.54) is 29.0 Å². The van der Waals surface area contributed by atoms with E-state index in [1.54, 1.807) is 0 Å². The molecule has 0 aromatic heterocycles. The molecule has 0 fully saturated rings. The van der Waals surface area contributed by atoms with Crippen molar-refractivity contribution in [2.75, 3.05) is 7.11 Å². The van der Waals surface area contributed by atoms with Crippen molar-refractivity contribution in [3.8, 4) is 0 Å². The summed E-state index contributed by atoms with van der Waals surface area (Å²) < 4.78 is 4.99. The lowest BCUT2D eigenvalue weighted by Gasteiger charge is -2.24. The van der Waals surface area contributed by atoms with Gasteiger partial charge in [0.2, 0.25) is 0 Å². The molecule has 1 unspecified atom stereocenters. The average Bonchev–Trinajstić information content (AvgIpc) is 2.65. The molecule has 4 rings (SSSR count). The molecule has 0 saturated heterocycles. The van der Waals surface area contributed by atoms with Gasteiger partial charge in [0.25, 0.3) is 0 Å². The topological polar surface area (TPSA) is 26.3 Å². The SMILES string of the molecule is COC(=O)c1ccccc1C1=CC(C)Cc2cc3ccccc3cc21. The number of ether oxygens (including phenoxy) is 1. The standard InChI is InChI=1S/C23H20O2/c1-15-11-18-13-16-7-3-4-8-17(16)14-21(18)22(12-15)19-9-5-6-10-20(19)23(24)25-2/h3-10,12-15H,11H2,1-2H3. The number of rotatable bonds is 2. The molecule has 3 aromatic rings. The third kappa shape index (κ3) is 2.74. The molecule has 1 aliphatic carbocycles. The Labute approximate surface area is 147 Å². The molecular formula is C23H20O2. The van der Waals surface area contributed by atoms with Crippen molar-refractivity contribution in [2.24, 2.45) is 5.92 Å². The van der Waals surface area contributed by atoms with Crippen LogP contribution in [-0.4, -0.2) is 13.1 Å². The van der Waals surface area contributed by atoms with Crippen LogP contribution in [0.1, 0.15) is 34.0 Å². The van der Waals surface area contributed by atoms with E-state index in [2.05, 4.69) is 49.4 Å². The van der Waals surface area contributed by atoms with E-state index >= 15 is 0 Å². The van der Waals surface area contributed by atoms with Gasteiger partial charge in [0, 0.05) is 0 Å². The number of methoxy groups -OCH3 is 1. The Morgan fingerprint density at radius 1 is 0.960 bits per heavy atom. The first kappa shape index (κ1) is 15.6. The molecule has 0 radical (unpaired) electrons. The summed E-state index contributed by atoms with van der Waals surface area (Å²) in [5.41, 5.74) is 5.24. The summed E-state index contributed by atoms with van der Waals surface area (Å²) in [6.07, 6.45) is 3.29. The number of allylic oxidation sites excluding steroid dienone is 1. The Balaban J connectivity index is 1.95. The van der Waals surface area contributed by atoms with E-state index in [1.807, 2.05) is 24.3 Å². The van der Waals surface area contributed by atoms with Crippen molar-refractivity contribution in [3.63, 3.8) is 0 Å². The first-order valence-corrected chi connectivity index (χ1v) is 8.59. The number of fused-ring (bicyclic) bond motifs is 2. The maximum atomic E-state index is 12.2. The minimum Gasteiger partial charge on any atom is -0.465 e. The molecule has 0 amide bonds. The lowest BCUT2D eigenvalue weighted by molar-refractivity contribution is 0.0600. The maximum absolute atomic E-state index is 12.2. The highest BCUT2D eigenvalue weighted by molar-refractivity contribution is 6.00. The molecule has 0 spiro atoms. The summed E-state index contributed by atoms with van der Waals surface area (Å²) in [4.78, 5) is 12.2. The lowest BCUT2D eigenvalue weighted by Crippen LogP contribution is -2.11. The van der Waals surface area contributed by atoms with Crippen LogP contribution in [0.5, 0.6) is 0 Å². The average molecular weight is 328 g/mol. The van der Waals surface area contributed by atoms with Gasteiger partial charge in [-0.15, -0.1) is 0 Å². The molecule has 0 heterocycles. The van der Waals surface area contributed by atoms with Crippen molar-refractivity contribution in [2.45, 2.75) is 13.3 Å². The zero-order valence-corrected chi connectivity index (χ0v) is 14.5. The van der Waals surface area contributed by atoms with Crippen LogP contribution in [-0.2, 0) is 11.2 Å². The van der Waals surface area contributed by atoms with Gasteiger partial charge in [-0.05, 0) is 57.5 Å². The molecule has 0 aliphatic heterocycles. The van der Waals surface area contributed by atoms with Crippen LogP contribution in [0.4, 0.5) is 0 Å². The van der Waals surface area contributed by atoms with Gasteiger partial charge in [-0.1, -0.05) is 61.5 Å². The van der Waals surface area contributed by atoms with E-state index < -0.39 is 0 Å². The number of benzene rings is 3. The van der Waals surface area contributed by atoms with Crippen molar-refractivity contribution in [3.05, 3.63) is 89.0 Å². The first-order chi connectivity index (χ1) is 12.2. The van der Waals surface area contributed by atoms with E-state index in [0.717, 1.165) is 17.6 Å². The van der Waals surface area contributed by atoms with Crippen LogP contribution in [0.3, 0.4) is 0 Å². The molecule has 1 atom stereocenters. The molecule has 25 heavy (non-hydrogen) atoms. The molecule has 1 aliphatic rings. The molecule has 124 valence electrons. The van der Waals surface area contributed by atoms with Crippen LogP contribution in [0, 0.1) is 5.92 Å². The smallest absolute Gasteiger partial charge is 0.338 e. The third-order valence-corrected chi connectivity index (χ3v) is 4.88. The summed E-state index contributed by atoms with van der Waals surface area (Å²) in [7, 11) is 1.43. The van der Waals surface area contributed by atoms with Crippen molar-refractivity contribution in [1.82, 2.24) is 0 Å². The van der Waals surface area contributed by atoms with Crippen molar-refractivity contribution in [1.29, 1.82) is 0 Å². The second-order valence-corrected chi connectivity index (χ2v) is 6.66. The van der Waals surface area contributed by atoms with Gasteiger partial charge in [0.1, 0.15) is 0 Å². The number of hydrogen-bond donors (Lipinski definition) is 0. The monoisotopic (exact) mass is 328 g/mol. The Morgan fingerprint density at radius 2 is 1.64 bits per heavy atom. The molecule has 0 bridgehead atoms. The second-order valence-electron chi connectivity index (χ2n) is 6.66. The maximum Gasteiger partial charge on any atom is 0.338 e. The van der Waals surface area contributed by atoms with Gasteiger partial charge in [-0.2, -0.15) is 0 Å². The molecule has 2 heteroatoms. The fraction of sp³-hybridized carbons (Fsp3) is 0.174. The predicted molar refractivity (Wildman–Crippen MR) is 102 cm³/mol. The van der Waals surface area contributed by atoms with Gasteiger partial charge in [-0.3, -0.25) is 0 Å². The number of esters is 1. The lowest BCUT2D eigenvalue weighted by atomic mass is 9.80. The Morgan fingerprint density at radius 3 is 2.40 bits per heavy atom. The first-order valence-electron chi connectivity index (χ1n) is 8.59. The zero-order chi connectivity index (χ0) is 17.4. The molecule has 0 saturated carbocycles. The van der Waals surface area contributed by atoms with E-state index in [0.29, 0.717) is 11.5 Å². The summed E-state index contributed by atoms with van der Waals surface area (Å²) >= 11 is 0. The van der Waals surface area contributed by atoms with E-state index in [-0.39, 0.29) is 5.97 Å². The summed E-state index contributed by atoms with van der Waals surface area (Å²) in [6.45, 7) is 2.22. The number of hydrogen-bond acceptors (Lipinski definition) is 2. The van der Waals surface area contributed by atoms with Gasteiger partial charge < -0.3 is 4.74 Å². The quantitative estimate of drug-likeness (QED) is 0.601. The number of carbonyl (C=O) groups excluding carboxylic acids is 1. The molecule has 3 aromatic carbocycles. The Kier molecular flexibility index (Phi) is 3.89. The van der Waals surface area contributed by atoms with Gasteiger partial charge >= 0.3 is 5.97 Å². The number of carbonyl (C=O) groups is 1. The van der Waals surface area contributed by atoms with Crippen molar-refractivity contribution < 1.29 is 9.53 Å². The van der Waals surface area contributed by atoms with Crippen LogP contribution in [0.25, 0.3) is 16.3 Å². The third-order valence-electron chi connectivity index (χ3n) is 4.88. The Hall–Kier alpha value is -2.87. The fourth-order valence-electron chi connectivity index (χ4n) is 3.73. The molecule has 0 N–H and O–H groups in total. The summed E-state index contributed by atoms with van der Waals surface area (Å²) in [5, 5.41) is 2.48. The highest BCUT2D eigenvalue weighted by Crippen LogP contribution is 2.37. The fourth-order valence-corrected chi connectivity index (χ4v) is 3.73. The zero-order valence-electron chi connectivity index (χ0n) is 14.5. The van der Waals surface area contributed by atoms with Crippen LogP contribution >= 0.6 is 0 Å². The van der Waals surface area contributed by atoms with E-state index in [9.17, 15) is 4.79 Å². The minimum absolute atomic E-state index is 0.294. The highest BCUT2D eigenvalue weighted by atomic mass is 16.5. The van der Waals surface area contributed by atoms with E-state index in [4.69, 9.17) is 4.74 Å². The predicted octanol–water partition coefficient (Wildman–Crippen LogP) is 5.25. The van der Waals surface area contributed by atoms with Crippen LogP contribution in [0.15, 0.2) is 66.7 Å². The molecular weight excluding hydrogens is 308 g/mol. The van der Waals surface area contributed by atoms with Gasteiger partial charge in [0.15, 0.2) is 0 Å². The Bertz CT molecular complexity index is 998.